The Morgan fingerprint density at radius 3 is 2.59 bits per heavy atom. The van der Waals surface area contributed by atoms with Crippen LogP contribution in [-0.4, -0.2) is 18.2 Å². The number of carbonyl (C=O) groups excluding carboxylic acids is 2. The summed E-state index contributed by atoms with van der Waals surface area (Å²) in [4.78, 5) is 23.2. The van der Waals surface area contributed by atoms with E-state index in [2.05, 4.69) is 0 Å². The van der Waals surface area contributed by atoms with Gasteiger partial charge in [-0.25, -0.2) is 0 Å². The molecule has 0 saturated heterocycles. The van der Waals surface area contributed by atoms with Gasteiger partial charge >= 0.3 is 0 Å². The molecule has 1 aromatic carbocycles. The van der Waals surface area contributed by atoms with Crippen molar-refractivity contribution in [3.8, 4) is 5.75 Å². The molecular weight excluding hydrogens is 216 g/mol. The number of benzene rings is 1. The monoisotopic (exact) mass is 232 g/mol. The number of ether oxygens (including phenoxy) is 1. The van der Waals surface area contributed by atoms with E-state index < -0.39 is 0 Å². The van der Waals surface area contributed by atoms with Crippen molar-refractivity contribution in [1.29, 1.82) is 0 Å². The van der Waals surface area contributed by atoms with Crippen LogP contribution in [0.5, 0.6) is 5.75 Å². The maximum Gasteiger partial charge on any atom is 0.166 e. The largest absolute Gasteiger partial charge is 0.494 e. The lowest BCUT2D eigenvalue weighted by molar-refractivity contribution is -0.117. The highest BCUT2D eigenvalue weighted by Gasteiger charge is 2.28. The van der Waals surface area contributed by atoms with Gasteiger partial charge in [-0.1, -0.05) is 0 Å². The number of hydrogen-bond donors (Lipinski definition) is 0. The van der Waals surface area contributed by atoms with Crippen LogP contribution in [0.2, 0.25) is 0 Å². The fourth-order valence-electron chi connectivity index (χ4n) is 2.16. The van der Waals surface area contributed by atoms with Crippen molar-refractivity contribution in [2.45, 2.75) is 26.2 Å². The molecule has 1 unspecified atom stereocenters. The summed E-state index contributed by atoms with van der Waals surface area (Å²) in [7, 11) is 0. The first-order valence-electron chi connectivity index (χ1n) is 5.99. The first-order valence-corrected chi connectivity index (χ1v) is 5.99. The smallest absolute Gasteiger partial charge is 0.166 e. The molecule has 1 saturated carbocycles. The molecule has 90 valence electrons. The third-order valence-electron chi connectivity index (χ3n) is 3.07. The lowest BCUT2D eigenvalue weighted by Gasteiger charge is -2.08. The Bertz CT molecular complexity index is 420. The molecule has 3 nitrogen and oxygen atoms in total. The number of carbonyl (C=O) groups is 2. The summed E-state index contributed by atoms with van der Waals surface area (Å²) >= 11 is 0. The number of hydrogen-bond acceptors (Lipinski definition) is 3. The third kappa shape index (κ3) is 2.73. The van der Waals surface area contributed by atoms with E-state index in [-0.39, 0.29) is 17.5 Å². The van der Waals surface area contributed by atoms with E-state index in [4.69, 9.17) is 4.74 Å². The molecule has 1 atom stereocenters. The lowest BCUT2D eigenvalue weighted by atomic mass is 9.96. The standard InChI is InChI=1S/C14H16O3/c1-2-17-13-7-4-10(5-8-13)14(16)11-3-6-12(15)9-11/h4-5,7-8,11H,2-3,6,9H2,1H3. The minimum Gasteiger partial charge on any atom is -0.494 e. The van der Waals surface area contributed by atoms with Crippen LogP contribution in [0.4, 0.5) is 0 Å². The first kappa shape index (κ1) is 11.8. The zero-order valence-electron chi connectivity index (χ0n) is 9.94. The minimum atomic E-state index is -0.111. The molecule has 0 spiro atoms. The summed E-state index contributed by atoms with van der Waals surface area (Å²) in [6, 6.07) is 7.15. The number of ketones is 2. The summed E-state index contributed by atoms with van der Waals surface area (Å²) in [5.41, 5.74) is 0.674. The minimum absolute atomic E-state index is 0.0823. The average Bonchev–Trinajstić information content (AvgIpc) is 2.76. The molecule has 1 aliphatic rings. The molecule has 0 aliphatic heterocycles. The second kappa shape index (κ2) is 5.13. The van der Waals surface area contributed by atoms with E-state index in [1.807, 2.05) is 6.92 Å². The summed E-state index contributed by atoms with van der Waals surface area (Å²) in [6.45, 7) is 2.54. The van der Waals surface area contributed by atoms with E-state index >= 15 is 0 Å². The fraction of sp³-hybridized carbons (Fsp3) is 0.429. The van der Waals surface area contributed by atoms with Crippen molar-refractivity contribution < 1.29 is 14.3 Å². The zero-order chi connectivity index (χ0) is 12.3. The van der Waals surface area contributed by atoms with Gasteiger partial charge in [0.2, 0.25) is 0 Å². The summed E-state index contributed by atoms with van der Waals surface area (Å²) in [6.07, 6.45) is 1.66. The SMILES string of the molecule is CCOc1ccc(C(=O)C2CCC(=O)C2)cc1. The van der Waals surface area contributed by atoms with Crippen LogP contribution >= 0.6 is 0 Å². The average molecular weight is 232 g/mol. The summed E-state index contributed by atoms with van der Waals surface area (Å²) in [5, 5.41) is 0. The molecule has 0 bridgehead atoms. The molecule has 1 aliphatic carbocycles. The van der Waals surface area contributed by atoms with Gasteiger partial charge < -0.3 is 4.74 Å². The Hall–Kier alpha value is -1.64. The van der Waals surface area contributed by atoms with E-state index in [9.17, 15) is 9.59 Å². The number of Topliss-reactive ketones (excluding diaryl/α,β-unsaturated/α-hetero) is 2. The molecule has 3 heteroatoms. The van der Waals surface area contributed by atoms with Gasteiger partial charge in [0, 0.05) is 24.3 Å². The Kier molecular flexibility index (Phi) is 3.57. The predicted octanol–water partition coefficient (Wildman–Crippen LogP) is 2.64. The van der Waals surface area contributed by atoms with Gasteiger partial charge in [-0.15, -0.1) is 0 Å². The Balaban J connectivity index is 2.06. The van der Waals surface area contributed by atoms with Crippen LogP contribution in [0, 0.1) is 5.92 Å². The van der Waals surface area contributed by atoms with E-state index in [1.54, 1.807) is 24.3 Å². The molecule has 1 fully saturated rings. The van der Waals surface area contributed by atoms with Crippen LogP contribution < -0.4 is 4.74 Å². The molecule has 2 rings (SSSR count). The van der Waals surface area contributed by atoms with Crippen molar-refractivity contribution in [2.24, 2.45) is 5.92 Å². The Morgan fingerprint density at radius 1 is 1.35 bits per heavy atom. The molecule has 0 heterocycles. The highest BCUT2D eigenvalue weighted by atomic mass is 16.5. The van der Waals surface area contributed by atoms with Crippen molar-refractivity contribution >= 4 is 11.6 Å². The van der Waals surface area contributed by atoms with Crippen LogP contribution in [0.1, 0.15) is 36.5 Å². The Labute approximate surface area is 101 Å². The topological polar surface area (TPSA) is 43.4 Å². The Morgan fingerprint density at radius 2 is 2.06 bits per heavy atom. The van der Waals surface area contributed by atoms with Crippen molar-refractivity contribution in [3.05, 3.63) is 29.8 Å². The van der Waals surface area contributed by atoms with Gasteiger partial charge in [-0.2, -0.15) is 0 Å². The van der Waals surface area contributed by atoms with Gasteiger partial charge in [0.25, 0.3) is 0 Å². The third-order valence-corrected chi connectivity index (χ3v) is 3.07. The molecule has 0 N–H and O–H groups in total. The van der Waals surface area contributed by atoms with E-state index in [0.717, 1.165) is 5.75 Å². The van der Waals surface area contributed by atoms with E-state index in [1.165, 1.54) is 0 Å². The quantitative estimate of drug-likeness (QED) is 0.749. The zero-order valence-corrected chi connectivity index (χ0v) is 9.94. The summed E-state index contributed by atoms with van der Waals surface area (Å²) in [5.74, 6) is 0.945. The first-order chi connectivity index (χ1) is 8.20. The molecule has 0 aromatic heterocycles. The molecule has 0 radical (unpaired) electrons. The van der Waals surface area contributed by atoms with Crippen molar-refractivity contribution in [1.82, 2.24) is 0 Å². The highest BCUT2D eigenvalue weighted by molar-refractivity contribution is 6.01. The highest BCUT2D eigenvalue weighted by Crippen LogP contribution is 2.26. The maximum atomic E-state index is 12.1. The van der Waals surface area contributed by atoms with Crippen molar-refractivity contribution in [2.75, 3.05) is 6.61 Å². The lowest BCUT2D eigenvalue weighted by Crippen LogP contribution is -2.11. The molecular formula is C14H16O3. The second-order valence-corrected chi connectivity index (χ2v) is 4.30. The summed E-state index contributed by atoms with van der Waals surface area (Å²) < 4.78 is 5.32. The van der Waals surface area contributed by atoms with E-state index in [0.29, 0.717) is 31.4 Å². The fourth-order valence-corrected chi connectivity index (χ4v) is 2.16. The maximum absolute atomic E-state index is 12.1. The number of rotatable bonds is 4. The van der Waals surface area contributed by atoms with Gasteiger partial charge in [-0.05, 0) is 37.6 Å². The van der Waals surface area contributed by atoms with Gasteiger partial charge in [0.1, 0.15) is 11.5 Å². The predicted molar refractivity (Wildman–Crippen MR) is 64.3 cm³/mol. The van der Waals surface area contributed by atoms with Gasteiger partial charge in [0.05, 0.1) is 6.61 Å². The van der Waals surface area contributed by atoms with Crippen LogP contribution in [0.15, 0.2) is 24.3 Å². The molecule has 0 amide bonds. The normalized spacial score (nSPS) is 19.4. The van der Waals surface area contributed by atoms with Crippen LogP contribution in [0.3, 0.4) is 0 Å². The van der Waals surface area contributed by atoms with Crippen molar-refractivity contribution in [3.63, 3.8) is 0 Å². The van der Waals surface area contributed by atoms with Gasteiger partial charge in [-0.3, -0.25) is 9.59 Å². The van der Waals surface area contributed by atoms with Crippen LogP contribution in [0.25, 0.3) is 0 Å². The van der Waals surface area contributed by atoms with Gasteiger partial charge in [0.15, 0.2) is 5.78 Å². The van der Waals surface area contributed by atoms with Crippen LogP contribution in [-0.2, 0) is 4.79 Å². The molecule has 1 aromatic rings. The second-order valence-electron chi connectivity index (χ2n) is 4.30. The molecule has 17 heavy (non-hydrogen) atoms.